The van der Waals surface area contributed by atoms with Crippen molar-refractivity contribution in [2.45, 2.75) is 51.2 Å². The van der Waals surface area contributed by atoms with Crippen molar-refractivity contribution < 1.29 is 27.1 Å². The molecule has 0 unspecified atom stereocenters. The maximum atomic E-state index is 14.1. The maximum absolute atomic E-state index is 14.1. The van der Waals surface area contributed by atoms with Crippen LogP contribution in [0.5, 0.6) is 0 Å². The second kappa shape index (κ2) is 11.3. The fourth-order valence-electron chi connectivity index (χ4n) is 4.57. The van der Waals surface area contributed by atoms with E-state index in [1.54, 1.807) is 4.90 Å². The van der Waals surface area contributed by atoms with Crippen molar-refractivity contribution >= 4 is 11.6 Å². The van der Waals surface area contributed by atoms with E-state index in [0.717, 1.165) is 56.8 Å². The van der Waals surface area contributed by atoms with Gasteiger partial charge < -0.3 is 15.0 Å². The van der Waals surface area contributed by atoms with E-state index in [1.165, 1.54) is 0 Å². The minimum absolute atomic E-state index is 0.0316. The van der Waals surface area contributed by atoms with Crippen LogP contribution in [0.1, 0.15) is 44.6 Å². The first-order valence-electron chi connectivity index (χ1n) is 11.5. The molecule has 1 aliphatic heterocycles. The number of halogens is 4. The van der Waals surface area contributed by atoms with E-state index in [1.807, 2.05) is 6.92 Å². The van der Waals surface area contributed by atoms with Gasteiger partial charge in [0.25, 0.3) is 0 Å². The van der Waals surface area contributed by atoms with Crippen LogP contribution in [0.2, 0.25) is 0 Å². The van der Waals surface area contributed by atoms with E-state index in [4.69, 9.17) is 4.74 Å². The topological polar surface area (TPSA) is 44.8 Å². The third kappa shape index (κ3) is 7.07. The van der Waals surface area contributed by atoms with Gasteiger partial charge in [-0.15, -0.1) is 0 Å². The average Bonchev–Trinajstić information content (AvgIpc) is 2.77. The zero-order valence-electron chi connectivity index (χ0n) is 18.6. The molecule has 0 spiro atoms. The third-order valence-corrected chi connectivity index (χ3v) is 6.49. The van der Waals surface area contributed by atoms with Crippen LogP contribution >= 0.6 is 0 Å². The highest BCUT2D eigenvalue weighted by molar-refractivity contribution is 5.77. The molecule has 9 heteroatoms. The molecule has 1 heterocycles. The number of ether oxygens (including phenoxy) is 1. The van der Waals surface area contributed by atoms with Crippen molar-refractivity contribution in [1.29, 1.82) is 0 Å². The number of hydrogen-bond acceptors (Lipinski definition) is 4. The van der Waals surface area contributed by atoms with Crippen LogP contribution in [0.4, 0.5) is 23.2 Å². The van der Waals surface area contributed by atoms with Crippen molar-refractivity contribution in [3.05, 3.63) is 29.6 Å². The van der Waals surface area contributed by atoms with Gasteiger partial charge in [0, 0.05) is 38.8 Å². The van der Waals surface area contributed by atoms with Crippen LogP contribution in [0.3, 0.4) is 0 Å². The lowest BCUT2D eigenvalue weighted by molar-refractivity contribution is -0.137. The van der Waals surface area contributed by atoms with Crippen molar-refractivity contribution in [2.24, 2.45) is 5.92 Å². The molecule has 0 atom stereocenters. The molecule has 0 radical (unpaired) electrons. The first-order valence-corrected chi connectivity index (χ1v) is 11.5. The Hall–Kier alpha value is -1.87. The maximum Gasteiger partial charge on any atom is 0.416 e. The summed E-state index contributed by atoms with van der Waals surface area (Å²) in [4.78, 5) is 15.8. The summed E-state index contributed by atoms with van der Waals surface area (Å²) in [5.74, 6) is -0.0454. The lowest BCUT2D eigenvalue weighted by atomic mass is 9.84. The molecule has 1 saturated heterocycles. The van der Waals surface area contributed by atoms with Gasteiger partial charge in [0.1, 0.15) is 12.4 Å². The SMILES string of the molecule is CCOCC(=O)NC1CCC(CCN2CCN(c3cc(C(F)(F)F)ccc3F)CC2)CC1. The second-order valence-corrected chi connectivity index (χ2v) is 8.70. The number of carbonyl (C=O) groups is 1. The number of benzene rings is 1. The summed E-state index contributed by atoms with van der Waals surface area (Å²) in [6.45, 7) is 5.88. The molecule has 180 valence electrons. The van der Waals surface area contributed by atoms with Gasteiger partial charge in [-0.25, -0.2) is 4.39 Å². The summed E-state index contributed by atoms with van der Waals surface area (Å²) in [5.41, 5.74) is -0.787. The Balaban J connectivity index is 1.38. The predicted molar refractivity (Wildman–Crippen MR) is 115 cm³/mol. The Morgan fingerprint density at radius 3 is 2.44 bits per heavy atom. The molecule has 3 rings (SSSR count). The van der Waals surface area contributed by atoms with E-state index < -0.39 is 17.6 Å². The van der Waals surface area contributed by atoms with Crippen molar-refractivity contribution in [3.8, 4) is 0 Å². The first kappa shape index (κ1) is 24.8. The number of nitrogens with zero attached hydrogens (tertiary/aromatic N) is 2. The van der Waals surface area contributed by atoms with Crippen LogP contribution in [0.15, 0.2) is 18.2 Å². The monoisotopic (exact) mass is 459 g/mol. The van der Waals surface area contributed by atoms with E-state index in [-0.39, 0.29) is 24.2 Å². The predicted octanol–water partition coefficient (Wildman–Crippen LogP) is 4.07. The number of anilines is 1. The minimum atomic E-state index is -4.48. The summed E-state index contributed by atoms with van der Waals surface area (Å²) in [5, 5.41) is 3.04. The highest BCUT2D eigenvalue weighted by Gasteiger charge is 2.32. The van der Waals surface area contributed by atoms with E-state index in [2.05, 4.69) is 10.2 Å². The molecule has 5 nitrogen and oxygen atoms in total. The highest BCUT2D eigenvalue weighted by Crippen LogP contribution is 2.33. The summed E-state index contributed by atoms with van der Waals surface area (Å²) in [7, 11) is 0. The Kier molecular flexibility index (Phi) is 8.76. The zero-order chi connectivity index (χ0) is 23.1. The van der Waals surface area contributed by atoms with E-state index >= 15 is 0 Å². The van der Waals surface area contributed by atoms with Gasteiger partial charge in [-0.3, -0.25) is 9.69 Å². The van der Waals surface area contributed by atoms with Crippen LogP contribution in [0, 0.1) is 11.7 Å². The third-order valence-electron chi connectivity index (χ3n) is 6.49. The van der Waals surface area contributed by atoms with Crippen LogP contribution < -0.4 is 10.2 Å². The van der Waals surface area contributed by atoms with Crippen LogP contribution in [0.25, 0.3) is 0 Å². The molecular formula is C23H33F4N3O2. The quantitative estimate of drug-likeness (QED) is 0.596. The number of hydrogen-bond donors (Lipinski definition) is 1. The summed E-state index contributed by atoms with van der Waals surface area (Å²) in [6, 6.07) is 2.83. The largest absolute Gasteiger partial charge is 0.416 e. The van der Waals surface area contributed by atoms with Gasteiger partial charge in [0.15, 0.2) is 0 Å². The van der Waals surface area contributed by atoms with Crippen molar-refractivity contribution in [3.63, 3.8) is 0 Å². The normalized spacial score (nSPS) is 22.7. The van der Waals surface area contributed by atoms with Gasteiger partial charge >= 0.3 is 6.18 Å². The average molecular weight is 460 g/mol. The lowest BCUT2D eigenvalue weighted by Crippen LogP contribution is -2.47. The molecule has 1 saturated carbocycles. The number of rotatable bonds is 8. The Morgan fingerprint density at radius 2 is 1.81 bits per heavy atom. The molecule has 2 aliphatic rings. The molecule has 32 heavy (non-hydrogen) atoms. The Bertz CT molecular complexity index is 743. The molecule has 0 aromatic heterocycles. The Labute approximate surface area is 187 Å². The van der Waals surface area contributed by atoms with Gasteiger partial charge in [0.2, 0.25) is 5.91 Å². The number of carbonyl (C=O) groups excluding carboxylic acids is 1. The van der Waals surface area contributed by atoms with Gasteiger partial charge in [-0.1, -0.05) is 0 Å². The summed E-state index contributed by atoms with van der Waals surface area (Å²) >= 11 is 0. The zero-order valence-corrected chi connectivity index (χ0v) is 18.6. The number of alkyl halides is 3. The smallest absolute Gasteiger partial charge is 0.372 e. The standard InChI is InChI=1S/C23H33F4N3O2/c1-2-32-16-22(31)28-19-6-3-17(4-7-19)9-10-29-11-13-30(14-12-29)21-15-18(23(25,26)27)5-8-20(21)24/h5,8,15,17,19H,2-4,6-7,9-14,16H2,1H3,(H,28,31). The molecule has 2 fully saturated rings. The fourth-order valence-corrected chi connectivity index (χ4v) is 4.57. The number of amides is 1. The van der Waals surface area contributed by atoms with E-state index in [0.29, 0.717) is 38.7 Å². The summed E-state index contributed by atoms with van der Waals surface area (Å²) in [6.07, 6.45) is 0.702. The van der Waals surface area contributed by atoms with Crippen LogP contribution in [-0.2, 0) is 15.7 Å². The van der Waals surface area contributed by atoms with Gasteiger partial charge in [-0.05, 0) is 69.7 Å². The minimum Gasteiger partial charge on any atom is -0.372 e. The van der Waals surface area contributed by atoms with E-state index in [9.17, 15) is 22.4 Å². The first-order chi connectivity index (χ1) is 15.3. The number of nitrogens with one attached hydrogen (secondary N) is 1. The molecule has 0 bridgehead atoms. The molecule has 1 aromatic carbocycles. The van der Waals surface area contributed by atoms with Gasteiger partial charge in [0.05, 0.1) is 11.3 Å². The molecular weight excluding hydrogens is 426 g/mol. The molecule has 1 aliphatic carbocycles. The Morgan fingerprint density at radius 1 is 1.12 bits per heavy atom. The van der Waals surface area contributed by atoms with Crippen molar-refractivity contribution in [1.82, 2.24) is 10.2 Å². The number of piperazine rings is 1. The van der Waals surface area contributed by atoms with Gasteiger partial charge in [-0.2, -0.15) is 13.2 Å². The second-order valence-electron chi connectivity index (χ2n) is 8.70. The molecule has 1 N–H and O–H groups in total. The molecule has 1 amide bonds. The van der Waals surface area contributed by atoms with Crippen molar-refractivity contribution in [2.75, 3.05) is 50.8 Å². The molecule has 1 aromatic rings. The lowest BCUT2D eigenvalue weighted by Gasteiger charge is -2.37. The fraction of sp³-hybridized carbons (Fsp3) is 0.696. The van der Waals surface area contributed by atoms with Crippen LogP contribution in [-0.4, -0.2) is 62.8 Å². The summed E-state index contributed by atoms with van der Waals surface area (Å²) < 4.78 is 58.2. The highest BCUT2D eigenvalue weighted by atomic mass is 19.4.